The number of hydrogen-bond donors (Lipinski definition) is 1. The molecular weight excluding hydrogens is 258 g/mol. The summed E-state index contributed by atoms with van der Waals surface area (Å²) >= 11 is 1.67. The van der Waals surface area contributed by atoms with E-state index in [1.807, 2.05) is 7.05 Å². The number of rotatable bonds is 7. The summed E-state index contributed by atoms with van der Waals surface area (Å²) in [6, 6.07) is 2.10. The van der Waals surface area contributed by atoms with Gasteiger partial charge in [0.2, 0.25) is 11.8 Å². The van der Waals surface area contributed by atoms with Gasteiger partial charge in [0.1, 0.15) is 4.83 Å². The van der Waals surface area contributed by atoms with Crippen molar-refractivity contribution in [2.75, 3.05) is 19.0 Å². The fourth-order valence-corrected chi connectivity index (χ4v) is 2.81. The fraction of sp³-hybridized carbons (Fsp3) is 0.571. The first-order valence-corrected chi connectivity index (χ1v) is 7.65. The maximum atomic E-state index is 5.84. The van der Waals surface area contributed by atoms with Crippen molar-refractivity contribution in [2.45, 2.75) is 39.5 Å². The average Bonchev–Trinajstić information content (AvgIpc) is 2.78. The third kappa shape index (κ3) is 3.56. The van der Waals surface area contributed by atoms with Crippen LogP contribution in [0.4, 0.5) is 5.95 Å². The molecule has 0 saturated carbocycles. The molecule has 0 aliphatic heterocycles. The molecule has 2 aromatic heterocycles. The van der Waals surface area contributed by atoms with Gasteiger partial charge in [0.25, 0.3) is 0 Å². The highest BCUT2D eigenvalue weighted by molar-refractivity contribution is 7.18. The van der Waals surface area contributed by atoms with Crippen LogP contribution in [0.1, 0.15) is 37.5 Å². The number of nitrogens with one attached hydrogen (secondary N) is 1. The van der Waals surface area contributed by atoms with Crippen molar-refractivity contribution >= 4 is 27.5 Å². The van der Waals surface area contributed by atoms with Crippen LogP contribution in [-0.4, -0.2) is 23.6 Å². The molecule has 0 spiro atoms. The molecule has 0 radical (unpaired) electrons. The number of anilines is 1. The van der Waals surface area contributed by atoms with Gasteiger partial charge in [0, 0.05) is 11.9 Å². The SMILES string of the molecule is CCCCCCOc1nc(NC)nc2sc(C)cc12. The monoisotopic (exact) mass is 279 g/mol. The highest BCUT2D eigenvalue weighted by Crippen LogP contribution is 2.31. The molecule has 4 nitrogen and oxygen atoms in total. The smallest absolute Gasteiger partial charge is 0.227 e. The first-order valence-electron chi connectivity index (χ1n) is 6.83. The van der Waals surface area contributed by atoms with Crippen LogP contribution < -0.4 is 10.1 Å². The molecule has 2 rings (SSSR count). The molecule has 0 amide bonds. The number of aromatic nitrogens is 2. The summed E-state index contributed by atoms with van der Waals surface area (Å²) in [4.78, 5) is 11.1. The second kappa shape index (κ2) is 6.70. The predicted molar refractivity (Wildman–Crippen MR) is 81.3 cm³/mol. The van der Waals surface area contributed by atoms with Gasteiger partial charge >= 0.3 is 0 Å². The summed E-state index contributed by atoms with van der Waals surface area (Å²) in [6.45, 7) is 5.02. The molecule has 0 saturated heterocycles. The van der Waals surface area contributed by atoms with Crippen molar-refractivity contribution in [1.29, 1.82) is 0 Å². The fourth-order valence-electron chi connectivity index (χ4n) is 1.94. The molecule has 2 aromatic rings. The lowest BCUT2D eigenvalue weighted by atomic mass is 10.2. The number of unbranched alkanes of at least 4 members (excludes halogenated alkanes) is 3. The number of fused-ring (bicyclic) bond motifs is 1. The summed E-state index contributed by atoms with van der Waals surface area (Å²) in [5.74, 6) is 1.33. The van der Waals surface area contributed by atoms with Gasteiger partial charge in [0.05, 0.1) is 12.0 Å². The van der Waals surface area contributed by atoms with Gasteiger partial charge in [0.15, 0.2) is 0 Å². The molecule has 5 heteroatoms. The van der Waals surface area contributed by atoms with Crippen LogP contribution in [0.5, 0.6) is 5.88 Å². The minimum atomic E-state index is 0.623. The molecule has 19 heavy (non-hydrogen) atoms. The normalized spacial score (nSPS) is 10.9. The molecule has 0 bridgehead atoms. The van der Waals surface area contributed by atoms with E-state index in [0.29, 0.717) is 11.8 Å². The van der Waals surface area contributed by atoms with E-state index in [1.165, 1.54) is 24.1 Å². The number of ether oxygens (including phenoxy) is 1. The zero-order valence-corrected chi connectivity index (χ0v) is 12.6. The largest absolute Gasteiger partial charge is 0.477 e. The van der Waals surface area contributed by atoms with Crippen molar-refractivity contribution in [3.63, 3.8) is 0 Å². The van der Waals surface area contributed by atoms with Gasteiger partial charge in [-0.25, -0.2) is 4.98 Å². The van der Waals surface area contributed by atoms with E-state index < -0.39 is 0 Å². The minimum Gasteiger partial charge on any atom is -0.477 e. The standard InChI is InChI=1S/C14H21N3OS/c1-4-5-6-7-8-18-12-11-9-10(2)19-13(11)17-14(15-3)16-12/h9H,4-8H2,1-3H3,(H,15,16,17). The lowest BCUT2D eigenvalue weighted by molar-refractivity contribution is 0.298. The first-order chi connectivity index (χ1) is 9.24. The van der Waals surface area contributed by atoms with E-state index in [0.717, 1.165) is 23.2 Å². The zero-order chi connectivity index (χ0) is 13.7. The van der Waals surface area contributed by atoms with E-state index >= 15 is 0 Å². The number of hydrogen-bond acceptors (Lipinski definition) is 5. The van der Waals surface area contributed by atoms with Crippen LogP contribution in [0.3, 0.4) is 0 Å². The summed E-state index contributed by atoms with van der Waals surface area (Å²) in [5, 5.41) is 4.01. The number of aryl methyl sites for hydroxylation is 1. The maximum absolute atomic E-state index is 5.84. The Kier molecular flexibility index (Phi) is 4.96. The summed E-state index contributed by atoms with van der Waals surface area (Å²) in [5.41, 5.74) is 0. The topological polar surface area (TPSA) is 47.0 Å². The second-order valence-corrected chi connectivity index (χ2v) is 5.82. The molecule has 104 valence electrons. The Hall–Kier alpha value is -1.36. The quantitative estimate of drug-likeness (QED) is 0.778. The highest BCUT2D eigenvalue weighted by Gasteiger charge is 2.11. The molecule has 1 N–H and O–H groups in total. The molecule has 0 atom stereocenters. The minimum absolute atomic E-state index is 0.623. The van der Waals surface area contributed by atoms with E-state index in [1.54, 1.807) is 11.3 Å². The van der Waals surface area contributed by atoms with Crippen molar-refractivity contribution in [1.82, 2.24) is 9.97 Å². The maximum Gasteiger partial charge on any atom is 0.227 e. The Morgan fingerprint density at radius 1 is 1.26 bits per heavy atom. The van der Waals surface area contributed by atoms with Gasteiger partial charge in [-0.2, -0.15) is 4.98 Å². The van der Waals surface area contributed by atoms with Gasteiger partial charge in [-0.15, -0.1) is 11.3 Å². The van der Waals surface area contributed by atoms with Crippen LogP contribution in [0.15, 0.2) is 6.07 Å². The summed E-state index contributed by atoms with van der Waals surface area (Å²) in [7, 11) is 1.83. The van der Waals surface area contributed by atoms with Crippen LogP contribution in [-0.2, 0) is 0 Å². The van der Waals surface area contributed by atoms with Crippen LogP contribution in [0, 0.1) is 6.92 Å². The average molecular weight is 279 g/mol. The van der Waals surface area contributed by atoms with E-state index in [-0.39, 0.29) is 0 Å². The van der Waals surface area contributed by atoms with Crippen LogP contribution >= 0.6 is 11.3 Å². The Morgan fingerprint density at radius 3 is 2.84 bits per heavy atom. The molecule has 0 fully saturated rings. The first kappa shape index (κ1) is 14.1. The summed E-state index contributed by atoms with van der Waals surface area (Å²) in [6.07, 6.45) is 4.80. The second-order valence-electron chi connectivity index (χ2n) is 4.59. The third-order valence-electron chi connectivity index (χ3n) is 2.94. The van der Waals surface area contributed by atoms with Gasteiger partial charge in [-0.1, -0.05) is 26.2 Å². The van der Waals surface area contributed by atoms with Crippen molar-refractivity contribution in [3.8, 4) is 5.88 Å². The van der Waals surface area contributed by atoms with E-state index in [4.69, 9.17) is 4.74 Å². The van der Waals surface area contributed by atoms with E-state index in [2.05, 4.69) is 35.2 Å². The molecule has 2 heterocycles. The van der Waals surface area contributed by atoms with Gasteiger partial charge < -0.3 is 10.1 Å². The van der Waals surface area contributed by atoms with Gasteiger partial charge in [-0.05, 0) is 19.4 Å². The Labute approximate surface area is 118 Å². The Balaban J connectivity index is 2.11. The van der Waals surface area contributed by atoms with Crippen molar-refractivity contribution < 1.29 is 4.74 Å². The zero-order valence-electron chi connectivity index (χ0n) is 11.8. The Bertz CT molecular complexity index is 539. The lowest BCUT2D eigenvalue weighted by Crippen LogP contribution is -2.03. The van der Waals surface area contributed by atoms with Crippen LogP contribution in [0.2, 0.25) is 0 Å². The highest BCUT2D eigenvalue weighted by atomic mass is 32.1. The van der Waals surface area contributed by atoms with E-state index in [9.17, 15) is 0 Å². The Morgan fingerprint density at radius 2 is 2.11 bits per heavy atom. The number of thiophene rings is 1. The third-order valence-corrected chi connectivity index (χ3v) is 3.89. The number of nitrogens with zero attached hydrogens (tertiary/aromatic N) is 2. The lowest BCUT2D eigenvalue weighted by Gasteiger charge is -2.07. The van der Waals surface area contributed by atoms with Gasteiger partial charge in [-0.3, -0.25) is 0 Å². The molecular formula is C14H21N3OS. The van der Waals surface area contributed by atoms with Crippen molar-refractivity contribution in [2.24, 2.45) is 0 Å². The molecule has 0 aliphatic rings. The molecule has 0 aromatic carbocycles. The predicted octanol–water partition coefficient (Wildman–Crippen LogP) is 4.00. The summed E-state index contributed by atoms with van der Waals surface area (Å²) < 4.78 is 5.84. The van der Waals surface area contributed by atoms with Crippen LogP contribution in [0.25, 0.3) is 10.2 Å². The van der Waals surface area contributed by atoms with Crippen molar-refractivity contribution in [3.05, 3.63) is 10.9 Å². The molecule has 0 unspecified atom stereocenters. The molecule has 0 aliphatic carbocycles.